The number of benzene rings is 1. The Hall–Kier alpha value is -1.64. The van der Waals surface area contributed by atoms with Crippen LogP contribution in [0.25, 0.3) is 0 Å². The number of Topliss-reactive ketones (excluding diaryl/α,β-unsaturated/α-hetero) is 1. The molecule has 3 heteroatoms. The third-order valence-corrected chi connectivity index (χ3v) is 1.98. The van der Waals surface area contributed by atoms with E-state index in [1.165, 1.54) is 0 Å². The molecule has 0 saturated carbocycles. The topological polar surface area (TPSA) is 49.7 Å². The fourth-order valence-corrected chi connectivity index (χ4v) is 1.11. The van der Waals surface area contributed by atoms with E-state index >= 15 is 0 Å². The molecule has 1 aromatic carbocycles. The molecule has 0 bridgehead atoms. The third kappa shape index (κ3) is 3.01. The van der Waals surface area contributed by atoms with E-state index in [1.807, 2.05) is 18.2 Å². The SMILES string of the molecule is CC(CCC(=O)c1ccccc1)=NO. The zero-order valence-electron chi connectivity index (χ0n) is 8.10. The van der Waals surface area contributed by atoms with Crippen molar-refractivity contribution < 1.29 is 10.0 Å². The summed E-state index contributed by atoms with van der Waals surface area (Å²) < 4.78 is 0. The van der Waals surface area contributed by atoms with Crippen molar-refractivity contribution in [3.63, 3.8) is 0 Å². The van der Waals surface area contributed by atoms with Gasteiger partial charge in [-0.15, -0.1) is 0 Å². The van der Waals surface area contributed by atoms with Gasteiger partial charge in [-0.3, -0.25) is 4.79 Å². The highest BCUT2D eigenvalue weighted by atomic mass is 16.4. The van der Waals surface area contributed by atoms with Gasteiger partial charge in [0.1, 0.15) is 0 Å². The van der Waals surface area contributed by atoms with Crippen LogP contribution in [0.4, 0.5) is 0 Å². The van der Waals surface area contributed by atoms with Crippen LogP contribution in [0.5, 0.6) is 0 Å². The first kappa shape index (κ1) is 10.4. The van der Waals surface area contributed by atoms with Crippen LogP contribution in [0.15, 0.2) is 35.5 Å². The molecule has 0 aromatic heterocycles. The molecule has 0 radical (unpaired) electrons. The van der Waals surface area contributed by atoms with E-state index in [4.69, 9.17) is 5.21 Å². The van der Waals surface area contributed by atoms with Crippen LogP contribution in [-0.2, 0) is 0 Å². The molecular formula is C11H13NO2. The standard InChI is InChI=1S/C11H13NO2/c1-9(12-14)7-8-11(13)10-5-3-2-4-6-10/h2-6,14H,7-8H2,1H3. The largest absolute Gasteiger partial charge is 0.411 e. The first-order valence-corrected chi connectivity index (χ1v) is 4.50. The molecule has 0 heterocycles. The Morgan fingerprint density at radius 3 is 2.50 bits per heavy atom. The number of hydrogen-bond acceptors (Lipinski definition) is 3. The minimum Gasteiger partial charge on any atom is -0.411 e. The van der Waals surface area contributed by atoms with Gasteiger partial charge in [0.25, 0.3) is 0 Å². The van der Waals surface area contributed by atoms with Crippen molar-refractivity contribution in [2.75, 3.05) is 0 Å². The Labute approximate surface area is 83.1 Å². The number of carbonyl (C=O) groups is 1. The summed E-state index contributed by atoms with van der Waals surface area (Å²) in [4.78, 5) is 11.5. The van der Waals surface area contributed by atoms with Crippen LogP contribution < -0.4 is 0 Å². The van der Waals surface area contributed by atoms with E-state index in [0.29, 0.717) is 24.1 Å². The molecular weight excluding hydrogens is 178 g/mol. The van der Waals surface area contributed by atoms with Gasteiger partial charge in [-0.05, 0) is 13.3 Å². The number of ketones is 1. The molecule has 0 aliphatic carbocycles. The predicted octanol–water partition coefficient (Wildman–Crippen LogP) is 2.50. The van der Waals surface area contributed by atoms with Crippen LogP contribution in [0.3, 0.4) is 0 Å². The number of carbonyl (C=O) groups excluding carboxylic acids is 1. The maximum atomic E-state index is 11.5. The molecule has 14 heavy (non-hydrogen) atoms. The maximum absolute atomic E-state index is 11.5. The summed E-state index contributed by atoms with van der Waals surface area (Å²) in [5.41, 5.74) is 1.28. The van der Waals surface area contributed by atoms with Gasteiger partial charge in [-0.2, -0.15) is 0 Å². The van der Waals surface area contributed by atoms with E-state index in [0.717, 1.165) is 0 Å². The summed E-state index contributed by atoms with van der Waals surface area (Å²) in [5.74, 6) is 0.0774. The second kappa shape index (κ2) is 5.17. The quantitative estimate of drug-likeness (QED) is 0.344. The molecule has 0 atom stereocenters. The van der Waals surface area contributed by atoms with Crippen molar-refractivity contribution in [1.29, 1.82) is 0 Å². The number of nitrogens with zero attached hydrogens (tertiary/aromatic N) is 1. The van der Waals surface area contributed by atoms with Gasteiger partial charge in [0.15, 0.2) is 5.78 Å². The van der Waals surface area contributed by atoms with E-state index in [2.05, 4.69) is 5.16 Å². The number of oxime groups is 1. The van der Waals surface area contributed by atoms with Crippen molar-refractivity contribution in [2.24, 2.45) is 5.16 Å². The first-order valence-electron chi connectivity index (χ1n) is 4.50. The molecule has 74 valence electrons. The Morgan fingerprint density at radius 1 is 1.29 bits per heavy atom. The van der Waals surface area contributed by atoms with Gasteiger partial charge in [0.05, 0.1) is 5.71 Å². The number of hydrogen-bond donors (Lipinski definition) is 1. The summed E-state index contributed by atoms with van der Waals surface area (Å²) in [7, 11) is 0. The summed E-state index contributed by atoms with van der Waals surface area (Å²) in [6.45, 7) is 1.69. The second-order valence-corrected chi connectivity index (χ2v) is 3.12. The molecule has 0 aliphatic heterocycles. The van der Waals surface area contributed by atoms with E-state index in [1.54, 1.807) is 19.1 Å². The van der Waals surface area contributed by atoms with Crippen molar-refractivity contribution >= 4 is 11.5 Å². The molecule has 1 rings (SSSR count). The van der Waals surface area contributed by atoms with Gasteiger partial charge in [-0.25, -0.2) is 0 Å². The molecule has 0 aliphatic rings. The Balaban J connectivity index is 2.52. The molecule has 3 nitrogen and oxygen atoms in total. The van der Waals surface area contributed by atoms with Crippen LogP contribution in [0, 0.1) is 0 Å². The molecule has 0 fully saturated rings. The number of rotatable bonds is 4. The lowest BCUT2D eigenvalue weighted by atomic mass is 10.1. The molecule has 1 N–H and O–H groups in total. The normalized spacial score (nSPS) is 11.4. The van der Waals surface area contributed by atoms with Crippen LogP contribution in [0.2, 0.25) is 0 Å². The zero-order chi connectivity index (χ0) is 10.4. The summed E-state index contributed by atoms with van der Waals surface area (Å²) >= 11 is 0. The van der Waals surface area contributed by atoms with Crippen LogP contribution >= 0.6 is 0 Å². The van der Waals surface area contributed by atoms with Gasteiger partial charge < -0.3 is 5.21 Å². The minimum atomic E-state index is 0.0774. The Kier molecular flexibility index (Phi) is 3.85. The highest BCUT2D eigenvalue weighted by Gasteiger charge is 2.05. The first-order chi connectivity index (χ1) is 6.74. The smallest absolute Gasteiger partial charge is 0.163 e. The van der Waals surface area contributed by atoms with Gasteiger partial charge in [-0.1, -0.05) is 35.5 Å². The summed E-state index contributed by atoms with van der Waals surface area (Å²) in [5, 5.41) is 11.4. The monoisotopic (exact) mass is 191 g/mol. The molecule has 1 aromatic rings. The average molecular weight is 191 g/mol. The highest BCUT2D eigenvalue weighted by Crippen LogP contribution is 2.05. The van der Waals surface area contributed by atoms with Crippen LogP contribution in [0.1, 0.15) is 30.1 Å². The molecule has 0 unspecified atom stereocenters. The van der Waals surface area contributed by atoms with Gasteiger partial charge in [0, 0.05) is 12.0 Å². The van der Waals surface area contributed by atoms with E-state index in [9.17, 15) is 4.79 Å². The molecule has 0 spiro atoms. The molecule has 0 saturated heterocycles. The van der Waals surface area contributed by atoms with Gasteiger partial charge in [0.2, 0.25) is 0 Å². The van der Waals surface area contributed by atoms with Gasteiger partial charge >= 0.3 is 0 Å². The van der Waals surface area contributed by atoms with Crippen molar-refractivity contribution in [2.45, 2.75) is 19.8 Å². The molecule has 0 amide bonds. The average Bonchev–Trinajstić information content (AvgIpc) is 2.26. The van der Waals surface area contributed by atoms with Crippen molar-refractivity contribution in [1.82, 2.24) is 0 Å². The highest BCUT2D eigenvalue weighted by molar-refractivity contribution is 5.98. The zero-order valence-corrected chi connectivity index (χ0v) is 8.10. The summed E-state index contributed by atoms with van der Waals surface area (Å²) in [6.07, 6.45) is 0.893. The second-order valence-electron chi connectivity index (χ2n) is 3.12. The Bertz CT molecular complexity index is 330. The fourth-order valence-electron chi connectivity index (χ4n) is 1.11. The minimum absolute atomic E-state index is 0.0774. The Morgan fingerprint density at radius 2 is 1.93 bits per heavy atom. The van der Waals surface area contributed by atoms with E-state index in [-0.39, 0.29) is 5.78 Å². The van der Waals surface area contributed by atoms with Crippen molar-refractivity contribution in [3.05, 3.63) is 35.9 Å². The van der Waals surface area contributed by atoms with Crippen molar-refractivity contribution in [3.8, 4) is 0 Å². The summed E-state index contributed by atoms with van der Waals surface area (Å²) in [6, 6.07) is 9.11. The lowest BCUT2D eigenvalue weighted by Crippen LogP contribution is -2.02. The third-order valence-electron chi connectivity index (χ3n) is 1.98. The predicted molar refractivity (Wildman–Crippen MR) is 54.9 cm³/mol. The lowest BCUT2D eigenvalue weighted by Gasteiger charge is -1.99. The van der Waals surface area contributed by atoms with Crippen LogP contribution in [-0.4, -0.2) is 16.7 Å². The fraction of sp³-hybridized carbons (Fsp3) is 0.273. The lowest BCUT2D eigenvalue weighted by molar-refractivity contribution is 0.0984. The maximum Gasteiger partial charge on any atom is 0.163 e. The van der Waals surface area contributed by atoms with E-state index < -0.39 is 0 Å².